The van der Waals surface area contributed by atoms with Crippen molar-refractivity contribution in [1.82, 2.24) is 0 Å². The molecule has 1 N–H and O–H groups in total. The first-order valence-electron chi connectivity index (χ1n) is 9.33. The second-order valence-electron chi connectivity index (χ2n) is 8.38. The first kappa shape index (κ1) is 18.5. The van der Waals surface area contributed by atoms with Gasteiger partial charge in [0.15, 0.2) is 0 Å². The largest absolute Gasteiger partial charge is 0.508 e. The number of esters is 1. The minimum Gasteiger partial charge on any atom is -0.508 e. The minimum absolute atomic E-state index is 0.0411. The number of carbonyl (C=O) groups is 1. The zero-order valence-electron chi connectivity index (χ0n) is 16.3. The first-order valence-corrected chi connectivity index (χ1v) is 9.33. The molecular formula is C23H28O3. The molecule has 0 aliphatic heterocycles. The second-order valence-corrected chi connectivity index (χ2v) is 8.38. The Bertz CT molecular complexity index is 820. The molecule has 3 nitrogen and oxygen atoms in total. The third kappa shape index (κ3) is 3.11. The van der Waals surface area contributed by atoms with E-state index in [-0.39, 0.29) is 22.7 Å². The Hall–Kier alpha value is -2.29. The highest BCUT2D eigenvalue weighted by Crippen LogP contribution is 2.53. The molecule has 26 heavy (non-hydrogen) atoms. The fourth-order valence-electron chi connectivity index (χ4n) is 4.19. The number of benzene rings is 2. The minimum atomic E-state index is -0.191. The van der Waals surface area contributed by atoms with Crippen molar-refractivity contribution in [2.75, 3.05) is 0 Å². The molecule has 1 aliphatic carbocycles. The van der Waals surface area contributed by atoms with E-state index in [1.165, 1.54) is 16.7 Å². The molecule has 0 amide bonds. The lowest BCUT2D eigenvalue weighted by Crippen LogP contribution is -2.23. The number of fused-ring (bicyclic) bond motifs is 1. The molecule has 0 aromatic heterocycles. The Morgan fingerprint density at radius 3 is 2.38 bits per heavy atom. The van der Waals surface area contributed by atoms with Crippen molar-refractivity contribution in [3.05, 3.63) is 59.2 Å². The fourth-order valence-corrected chi connectivity index (χ4v) is 4.19. The molecule has 2 aromatic rings. The number of phenolic OH excluding ortho intramolecular Hbond substituents is 1. The van der Waals surface area contributed by atoms with E-state index in [1.807, 2.05) is 50.2 Å². The summed E-state index contributed by atoms with van der Waals surface area (Å²) in [5, 5.41) is 10.0. The Morgan fingerprint density at radius 2 is 1.77 bits per heavy atom. The van der Waals surface area contributed by atoms with E-state index in [0.29, 0.717) is 11.5 Å². The maximum absolute atomic E-state index is 12.0. The topological polar surface area (TPSA) is 46.5 Å². The van der Waals surface area contributed by atoms with E-state index >= 15 is 0 Å². The molecule has 0 spiro atoms. The van der Waals surface area contributed by atoms with Gasteiger partial charge in [0.2, 0.25) is 0 Å². The van der Waals surface area contributed by atoms with Gasteiger partial charge in [-0.2, -0.15) is 0 Å². The highest BCUT2D eigenvalue weighted by atomic mass is 16.5. The molecule has 0 bridgehead atoms. The number of carbonyl (C=O) groups excluding carboxylic acids is 1. The van der Waals surface area contributed by atoms with Crippen LogP contribution in [0.3, 0.4) is 0 Å². The quantitative estimate of drug-likeness (QED) is 0.597. The average molecular weight is 352 g/mol. The van der Waals surface area contributed by atoms with Gasteiger partial charge in [0.1, 0.15) is 11.5 Å². The average Bonchev–Trinajstić information content (AvgIpc) is 2.81. The summed E-state index contributed by atoms with van der Waals surface area (Å²) in [6.07, 6.45) is 1.73. The summed E-state index contributed by atoms with van der Waals surface area (Å²) in [6, 6.07) is 13.5. The van der Waals surface area contributed by atoms with Crippen LogP contribution < -0.4 is 4.74 Å². The summed E-state index contributed by atoms with van der Waals surface area (Å²) in [6.45, 7) is 10.6. The lowest BCUT2D eigenvalue weighted by molar-refractivity contribution is -0.138. The summed E-state index contributed by atoms with van der Waals surface area (Å²) >= 11 is 0. The Morgan fingerprint density at radius 1 is 1.12 bits per heavy atom. The van der Waals surface area contributed by atoms with Crippen LogP contribution in [0, 0.1) is 5.92 Å². The zero-order chi connectivity index (χ0) is 19.1. The normalized spacial score (nSPS) is 21.9. The third-order valence-corrected chi connectivity index (χ3v) is 5.85. The van der Waals surface area contributed by atoms with Gasteiger partial charge in [-0.25, -0.2) is 0 Å². The number of rotatable bonds is 4. The highest BCUT2D eigenvalue weighted by molar-refractivity contribution is 5.74. The Balaban J connectivity index is 1.93. The predicted octanol–water partition coefficient (Wildman–Crippen LogP) is 5.33. The second kappa shape index (κ2) is 6.46. The van der Waals surface area contributed by atoms with Crippen molar-refractivity contribution in [2.45, 2.75) is 58.3 Å². The first-order chi connectivity index (χ1) is 12.2. The number of ether oxygens (including phenoxy) is 1. The molecule has 138 valence electrons. The molecule has 0 heterocycles. The lowest BCUT2D eigenvalue weighted by atomic mass is 9.75. The monoisotopic (exact) mass is 352 g/mol. The van der Waals surface area contributed by atoms with Crippen molar-refractivity contribution < 1.29 is 14.6 Å². The molecular weight excluding hydrogens is 324 g/mol. The summed E-state index contributed by atoms with van der Waals surface area (Å²) in [4.78, 5) is 12.0. The van der Waals surface area contributed by atoms with E-state index in [4.69, 9.17) is 4.74 Å². The van der Waals surface area contributed by atoms with Crippen LogP contribution in [-0.4, -0.2) is 11.1 Å². The molecule has 3 rings (SSSR count). The molecule has 2 aromatic carbocycles. The standard InChI is InChI=1S/C23H28O3/c1-6-15(2)21(25)26-18-10-7-16(8-11-18)23(5)14-22(3,4)19-12-9-17(24)13-20(19)23/h7-13,15,24H,6,14H2,1-5H3. The molecule has 2 atom stereocenters. The van der Waals surface area contributed by atoms with Crippen LogP contribution in [0.4, 0.5) is 0 Å². The molecule has 0 saturated heterocycles. The molecule has 1 aliphatic rings. The van der Waals surface area contributed by atoms with Gasteiger partial charge in [-0.3, -0.25) is 4.79 Å². The van der Waals surface area contributed by atoms with Crippen LogP contribution in [-0.2, 0) is 15.6 Å². The van der Waals surface area contributed by atoms with E-state index in [1.54, 1.807) is 6.07 Å². The lowest BCUT2D eigenvalue weighted by Gasteiger charge is -2.28. The van der Waals surface area contributed by atoms with Crippen LogP contribution in [0.1, 0.15) is 64.2 Å². The van der Waals surface area contributed by atoms with Gasteiger partial charge in [0.25, 0.3) is 0 Å². The van der Waals surface area contributed by atoms with Crippen molar-refractivity contribution in [3.8, 4) is 11.5 Å². The summed E-state index contributed by atoms with van der Waals surface area (Å²) in [5.41, 5.74) is 3.48. The summed E-state index contributed by atoms with van der Waals surface area (Å²) < 4.78 is 5.47. The summed E-state index contributed by atoms with van der Waals surface area (Å²) in [7, 11) is 0. The third-order valence-electron chi connectivity index (χ3n) is 5.85. The molecule has 3 heteroatoms. The van der Waals surface area contributed by atoms with Gasteiger partial charge in [0.05, 0.1) is 5.92 Å². The van der Waals surface area contributed by atoms with Gasteiger partial charge < -0.3 is 9.84 Å². The number of aromatic hydroxyl groups is 1. The van der Waals surface area contributed by atoms with Crippen LogP contribution in [0.25, 0.3) is 0 Å². The van der Waals surface area contributed by atoms with Crippen LogP contribution in [0.5, 0.6) is 11.5 Å². The van der Waals surface area contributed by atoms with E-state index in [0.717, 1.165) is 12.8 Å². The smallest absolute Gasteiger partial charge is 0.314 e. The fraction of sp³-hybridized carbons (Fsp3) is 0.435. The SMILES string of the molecule is CCC(C)C(=O)Oc1ccc(C2(C)CC(C)(C)c3ccc(O)cc32)cc1. The van der Waals surface area contributed by atoms with Gasteiger partial charge in [-0.1, -0.05) is 52.8 Å². The molecule has 2 unspecified atom stereocenters. The summed E-state index contributed by atoms with van der Waals surface area (Å²) in [5.74, 6) is 0.587. The predicted molar refractivity (Wildman–Crippen MR) is 104 cm³/mol. The van der Waals surface area contributed by atoms with Gasteiger partial charge in [0, 0.05) is 5.41 Å². The van der Waals surface area contributed by atoms with Crippen molar-refractivity contribution in [2.24, 2.45) is 5.92 Å². The van der Waals surface area contributed by atoms with E-state index in [9.17, 15) is 9.90 Å². The zero-order valence-corrected chi connectivity index (χ0v) is 16.3. The van der Waals surface area contributed by atoms with E-state index in [2.05, 4.69) is 20.8 Å². The van der Waals surface area contributed by atoms with Gasteiger partial charge in [-0.15, -0.1) is 0 Å². The molecule has 0 fully saturated rings. The van der Waals surface area contributed by atoms with Gasteiger partial charge in [-0.05, 0) is 59.2 Å². The molecule has 0 saturated carbocycles. The number of phenols is 1. The van der Waals surface area contributed by atoms with Crippen LogP contribution >= 0.6 is 0 Å². The Kier molecular flexibility index (Phi) is 4.60. The van der Waals surface area contributed by atoms with Crippen molar-refractivity contribution in [3.63, 3.8) is 0 Å². The van der Waals surface area contributed by atoms with Gasteiger partial charge >= 0.3 is 5.97 Å². The Labute approximate surface area is 156 Å². The van der Waals surface area contributed by atoms with E-state index < -0.39 is 0 Å². The highest BCUT2D eigenvalue weighted by Gasteiger charge is 2.45. The molecule has 0 radical (unpaired) electrons. The van der Waals surface area contributed by atoms with Crippen LogP contribution in [0.2, 0.25) is 0 Å². The van der Waals surface area contributed by atoms with Crippen LogP contribution in [0.15, 0.2) is 42.5 Å². The number of hydrogen-bond donors (Lipinski definition) is 1. The van der Waals surface area contributed by atoms with Crippen molar-refractivity contribution in [1.29, 1.82) is 0 Å². The maximum Gasteiger partial charge on any atom is 0.314 e. The maximum atomic E-state index is 12.0. The number of hydrogen-bond acceptors (Lipinski definition) is 3. The van der Waals surface area contributed by atoms with Crippen molar-refractivity contribution >= 4 is 5.97 Å².